The predicted molar refractivity (Wildman–Crippen MR) is 137 cm³/mol. The molecule has 0 bridgehead atoms. The summed E-state index contributed by atoms with van der Waals surface area (Å²) < 4.78 is 44.2. The van der Waals surface area contributed by atoms with Crippen LogP contribution in [0.2, 0.25) is 0 Å². The summed E-state index contributed by atoms with van der Waals surface area (Å²) in [5.74, 6) is 1.72. The second-order valence-electron chi connectivity index (χ2n) is 7.55. The highest BCUT2D eigenvalue weighted by molar-refractivity contribution is 7.92. The van der Waals surface area contributed by atoms with Crippen molar-refractivity contribution in [3.05, 3.63) is 103 Å². The molecule has 2 N–H and O–H groups in total. The van der Waals surface area contributed by atoms with Crippen molar-refractivity contribution in [3.8, 4) is 23.0 Å². The highest BCUT2D eigenvalue weighted by Gasteiger charge is 2.15. The normalized spacial score (nSPS) is 10.8. The van der Waals surface area contributed by atoms with Crippen molar-refractivity contribution in [2.24, 2.45) is 0 Å². The Kier molecular flexibility index (Phi) is 7.72. The lowest BCUT2D eigenvalue weighted by atomic mass is 10.3. The number of sulfonamides is 1. The van der Waals surface area contributed by atoms with Crippen molar-refractivity contribution in [1.29, 1.82) is 0 Å². The molecule has 4 aromatic carbocycles. The molecular formula is C27H24N2O6S. The Hall–Kier alpha value is -4.50. The van der Waals surface area contributed by atoms with Gasteiger partial charge in [-0.25, -0.2) is 8.42 Å². The van der Waals surface area contributed by atoms with E-state index < -0.39 is 15.9 Å². The molecule has 0 spiro atoms. The van der Waals surface area contributed by atoms with Gasteiger partial charge in [-0.3, -0.25) is 9.52 Å². The van der Waals surface area contributed by atoms with Crippen LogP contribution < -0.4 is 24.2 Å². The maximum absolute atomic E-state index is 12.6. The van der Waals surface area contributed by atoms with Crippen LogP contribution in [-0.2, 0) is 14.8 Å². The van der Waals surface area contributed by atoms with E-state index in [1.165, 1.54) is 31.4 Å². The van der Waals surface area contributed by atoms with Crippen LogP contribution in [0.4, 0.5) is 11.4 Å². The molecule has 0 unspecified atom stereocenters. The molecule has 0 saturated heterocycles. The largest absolute Gasteiger partial charge is 0.497 e. The molecule has 0 aliphatic heterocycles. The number of carbonyl (C=O) groups is 1. The zero-order valence-corrected chi connectivity index (χ0v) is 20.2. The standard InChI is InChI=1S/C27H24N2O6S/c1-33-21-13-11-20(12-14-21)29-36(31,32)24-17-15-22(16-18-24)34-19-27(30)28-25-9-5-6-10-26(25)35-23-7-3-2-4-8-23/h2-18,29H,19H2,1H3,(H,28,30). The van der Waals surface area contributed by atoms with Gasteiger partial charge in [-0.05, 0) is 72.8 Å². The van der Waals surface area contributed by atoms with Crippen LogP contribution in [0.1, 0.15) is 0 Å². The number of amides is 1. The van der Waals surface area contributed by atoms with E-state index in [1.54, 1.807) is 42.5 Å². The van der Waals surface area contributed by atoms with Crippen molar-refractivity contribution in [2.45, 2.75) is 4.90 Å². The molecular weight excluding hydrogens is 480 g/mol. The van der Waals surface area contributed by atoms with Crippen molar-refractivity contribution in [1.82, 2.24) is 0 Å². The fraction of sp³-hybridized carbons (Fsp3) is 0.0741. The molecule has 1 amide bonds. The molecule has 0 heterocycles. The second kappa shape index (κ2) is 11.3. The third kappa shape index (κ3) is 6.55. The Bertz CT molecular complexity index is 1410. The third-order valence-corrected chi connectivity index (χ3v) is 6.38. The van der Waals surface area contributed by atoms with Gasteiger partial charge in [0.15, 0.2) is 12.4 Å². The van der Waals surface area contributed by atoms with Gasteiger partial charge in [0, 0.05) is 5.69 Å². The van der Waals surface area contributed by atoms with Gasteiger partial charge in [0.1, 0.15) is 17.2 Å². The van der Waals surface area contributed by atoms with E-state index in [9.17, 15) is 13.2 Å². The molecule has 4 aromatic rings. The molecule has 0 atom stereocenters. The Labute approximate surface area is 209 Å². The van der Waals surface area contributed by atoms with Crippen LogP contribution in [0.25, 0.3) is 0 Å². The topological polar surface area (TPSA) is 103 Å². The van der Waals surface area contributed by atoms with Gasteiger partial charge >= 0.3 is 0 Å². The van der Waals surface area contributed by atoms with Crippen molar-refractivity contribution < 1.29 is 27.4 Å². The summed E-state index contributed by atoms with van der Waals surface area (Å²) in [5.41, 5.74) is 0.908. The summed E-state index contributed by atoms with van der Waals surface area (Å²) in [4.78, 5) is 12.5. The molecule has 0 radical (unpaired) electrons. The number of hydrogen-bond acceptors (Lipinski definition) is 6. The van der Waals surface area contributed by atoms with Crippen LogP contribution >= 0.6 is 0 Å². The number of carbonyl (C=O) groups excluding carboxylic acids is 1. The quantitative estimate of drug-likeness (QED) is 0.304. The van der Waals surface area contributed by atoms with Crippen LogP contribution in [0, 0.1) is 0 Å². The van der Waals surface area contributed by atoms with Gasteiger partial charge in [-0.2, -0.15) is 0 Å². The second-order valence-corrected chi connectivity index (χ2v) is 9.24. The Morgan fingerprint density at radius 2 is 1.39 bits per heavy atom. The number of ether oxygens (including phenoxy) is 3. The minimum atomic E-state index is -3.79. The molecule has 184 valence electrons. The molecule has 0 fully saturated rings. The number of methoxy groups -OCH3 is 1. The van der Waals surface area contributed by atoms with Gasteiger partial charge in [0.25, 0.3) is 15.9 Å². The summed E-state index contributed by atoms with van der Waals surface area (Å²) in [6.45, 7) is -0.268. The Morgan fingerprint density at radius 3 is 2.08 bits per heavy atom. The maximum Gasteiger partial charge on any atom is 0.262 e. The summed E-state index contributed by atoms with van der Waals surface area (Å²) >= 11 is 0. The zero-order chi connectivity index (χ0) is 25.4. The third-order valence-electron chi connectivity index (χ3n) is 4.98. The highest BCUT2D eigenvalue weighted by Crippen LogP contribution is 2.29. The Morgan fingerprint density at radius 1 is 0.750 bits per heavy atom. The number of nitrogens with one attached hydrogen (secondary N) is 2. The molecule has 0 aliphatic carbocycles. The van der Waals surface area contributed by atoms with Gasteiger partial charge in [-0.1, -0.05) is 30.3 Å². The fourth-order valence-corrected chi connectivity index (χ4v) is 4.26. The van der Waals surface area contributed by atoms with E-state index in [0.29, 0.717) is 34.4 Å². The first kappa shape index (κ1) is 24.6. The highest BCUT2D eigenvalue weighted by atomic mass is 32.2. The van der Waals surface area contributed by atoms with E-state index >= 15 is 0 Å². The zero-order valence-electron chi connectivity index (χ0n) is 19.4. The van der Waals surface area contributed by atoms with Crippen LogP contribution in [0.3, 0.4) is 0 Å². The average Bonchev–Trinajstić information content (AvgIpc) is 2.90. The van der Waals surface area contributed by atoms with Crippen LogP contribution in [0.15, 0.2) is 108 Å². The smallest absolute Gasteiger partial charge is 0.262 e. The molecule has 0 aromatic heterocycles. The van der Waals surface area contributed by atoms with Crippen molar-refractivity contribution >= 4 is 27.3 Å². The Balaban J connectivity index is 1.33. The number of benzene rings is 4. The summed E-state index contributed by atoms with van der Waals surface area (Å²) in [5, 5.41) is 2.77. The number of anilines is 2. The molecule has 0 saturated carbocycles. The number of hydrogen-bond donors (Lipinski definition) is 2. The molecule has 4 rings (SSSR count). The van der Waals surface area contributed by atoms with E-state index in [2.05, 4.69) is 10.0 Å². The summed E-state index contributed by atoms with van der Waals surface area (Å²) in [7, 11) is -2.26. The van der Waals surface area contributed by atoms with Crippen LogP contribution in [-0.4, -0.2) is 28.0 Å². The monoisotopic (exact) mass is 504 g/mol. The fourth-order valence-electron chi connectivity index (χ4n) is 3.20. The lowest BCUT2D eigenvalue weighted by molar-refractivity contribution is -0.118. The van der Waals surface area contributed by atoms with E-state index in [0.717, 1.165) is 0 Å². The first-order valence-corrected chi connectivity index (χ1v) is 12.4. The van der Waals surface area contributed by atoms with E-state index in [4.69, 9.17) is 14.2 Å². The average molecular weight is 505 g/mol. The summed E-state index contributed by atoms with van der Waals surface area (Å²) in [6.07, 6.45) is 0. The molecule has 9 heteroatoms. The maximum atomic E-state index is 12.6. The first-order valence-electron chi connectivity index (χ1n) is 10.9. The number of rotatable bonds is 10. The molecule has 8 nitrogen and oxygen atoms in total. The van der Waals surface area contributed by atoms with Crippen molar-refractivity contribution in [2.75, 3.05) is 23.8 Å². The van der Waals surface area contributed by atoms with E-state index in [1.807, 2.05) is 36.4 Å². The van der Waals surface area contributed by atoms with Gasteiger partial charge in [0.2, 0.25) is 0 Å². The lowest BCUT2D eigenvalue weighted by Crippen LogP contribution is -2.20. The van der Waals surface area contributed by atoms with Gasteiger partial charge < -0.3 is 19.5 Å². The van der Waals surface area contributed by atoms with E-state index in [-0.39, 0.29) is 11.5 Å². The van der Waals surface area contributed by atoms with Gasteiger partial charge in [0.05, 0.1) is 17.7 Å². The predicted octanol–water partition coefficient (Wildman–Crippen LogP) is 5.31. The minimum absolute atomic E-state index is 0.0575. The number of para-hydroxylation sites is 3. The summed E-state index contributed by atoms with van der Waals surface area (Å²) in [6, 6.07) is 28.6. The molecule has 0 aliphatic rings. The van der Waals surface area contributed by atoms with Crippen LogP contribution in [0.5, 0.6) is 23.0 Å². The first-order chi connectivity index (χ1) is 17.4. The van der Waals surface area contributed by atoms with Gasteiger partial charge in [-0.15, -0.1) is 0 Å². The molecule has 36 heavy (non-hydrogen) atoms. The minimum Gasteiger partial charge on any atom is -0.497 e. The SMILES string of the molecule is COc1ccc(NS(=O)(=O)c2ccc(OCC(=O)Nc3ccccc3Oc3ccccc3)cc2)cc1. The lowest BCUT2D eigenvalue weighted by Gasteiger charge is -2.13. The van der Waals surface area contributed by atoms with Crippen molar-refractivity contribution in [3.63, 3.8) is 0 Å².